The molecule has 0 aromatic carbocycles. The first-order chi connectivity index (χ1) is 9.15. The maximum absolute atomic E-state index is 11.1. The minimum Gasteiger partial charge on any atom is -0.481 e. The number of carbonyl (C=O) groups is 1. The number of nitrogens with zero attached hydrogens (tertiary/aromatic N) is 3. The number of anilines is 1. The molecule has 6 nitrogen and oxygen atoms in total. The van der Waals surface area contributed by atoms with Crippen LogP contribution < -0.4 is 4.90 Å². The Labute approximate surface area is 114 Å². The average molecular weight is 278 g/mol. The van der Waals surface area contributed by atoms with E-state index in [2.05, 4.69) is 15.0 Å². The number of H-pyrrole nitrogens is 1. The van der Waals surface area contributed by atoms with Crippen molar-refractivity contribution < 1.29 is 9.90 Å². The molecule has 3 rings (SSSR count). The van der Waals surface area contributed by atoms with Gasteiger partial charge in [-0.15, -0.1) is 11.3 Å². The summed E-state index contributed by atoms with van der Waals surface area (Å²) in [6.07, 6.45) is 4.99. The predicted molar refractivity (Wildman–Crippen MR) is 71.5 cm³/mol. The molecule has 0 spiro atoms. The van der Waals surface area contributed by atoms with Gasteiger partial charge in [0.25, 0.3) is 0 Å². The van der Waals surface area contributed by atoms with Crippen LogP contribution in [0.25, 0.3) is 0 Å². The highest BCUT2D eigenvalue weighted by molar-refractivity contribution is 7.15. The van der Waals surface area contributed by atoms with Crippen molar-refractivity contribution in [3.63, 3.8) is 0 Å². The number of hydrogen-bond donors (Lipinski definition) is 2. The summed E-state index contributed by atoms with van der Waals surface area (Å²) in [5.41, 5.74) is 0.749. The number of aliphatic carboxylic acids is 1. The molecule has 0 saturated heterocycles. The average Bonchev–Trinajstić information content (AvgIpc) is 3.02. The van der Waals surface area contributed by atoms with E-state index in [9.17, 15) is 4.79 Å². The summed E-state index contributed by atoms with van der Waals surface area (Å²) in [6.45, 7) is 0.636. The van der Waals surface area contributed by atoms with Gasteiger partial charge in [0, 0.05) is 24.3 Å². The number of nitrogens with one attached hydrogen (secondary N) is 1. The second-order valence-electron chi connectivity index (χ2n) is 4.63. The van der Waals surface area contributed by atoms with Gasteiger partial charge in [0.15, 0.2) is 5.13 Å². The van der Waals surface area contributed by atoms with Crippen molar-refractivity contribution in [2.24, 2.45) is 0 Å². The molecule has 0 saturated carbocycles. The summed E-state index contributed by atoms with van der Waals surface area (Å²) in [6, 6.07) is 0. The Morgan fingerprint density at radius 3 is 3.21 bits per heavy atom. The zero-order valence-corrected chi connectivity index (χ0v) is 11.3. The van der Waals surface area contributed by atoms with Crippen LogP contribution in [0.15, 0.2) is 12.4 Å². The minimum atomic E-state index is -0.774. The number of aromatic nitrogens is 3. The number of thiazole rings is 1. The van der Waals surface area contributed by atoms with E-state index in [0.29, 0.717) is 13.0 Å². The summed E-state index contributed by atoms with van der Waals surface area (Å²) in [5, 5.41) is 10.0. The van der Waals surface area contributed by atoms with Crippen LogP contribution in [0.3, 0.4) is 0 Å². The Morgan fingerprint density at radius 2 is 2.53 bits per heavy atom. The van der Waals surface area contributed by atoms with Gasteiger partial charge in [-0.3, -0.25) is 4.79 Å². The van der Waals surface area contributed by atoms with Crippen LogP contribution in [0.4, 0.5) is 5.13 Å². The molecule has 2 aromatic rings. The Bertz CT molecular complexity index is 593. The number of carboxylic acid groups (broad SMARTS) is 1. The summed E-state index contributed by atoms with van der Waals surface area (Å²) in [4.78, 5) is 25.9. The lowest BCUT2D eigenvalue weighted by atomic mass is 10.1. The van der Waals surface area contributed by atoms with Crippen molar-refractivity contribution in [3.05, 3.63) is 28.8 Å². The Hall–Kier alpha value is -1.89. The highest BCUT2D eigenvalue weighted by Gasteiger charge is 2.32. The van der Waals surface area contributed by atoms with Gasteiger partial charge in [0.2, 0.25) is 0 Å². The van der Waals surface area contributed by atoms with E-state index >= 15 is 0 Å². The van der Waals surface area contributed by atoms with E-state index < -0.39 is 11.9 Å². The number of aryl methyl sites for hydroxylation is 1. The number of imidazole rings is 1. The number of rotatable bonds is 4. The molecule has 7 heteroatoms. The maximum Gasteiger partial charge on any atom is 0.312 e. The SMILES string of the molecule is CN(Cc1ncc[nH]1)c1nc2c(s1)CCC2C(=O)O. The molecule has 100 valence electrons. The van der Waals surface area contributed by atoms with Gasteiger partial charge in [0.1, 0.15) is 11.7 Å². The van der Waals surface area contributed by atoms with Crippen LogP contribution in [0.5, 0.6) is 0 Å². The van der Waals surface area contributed by atoms with Gasteiger partial charge in [-0.05, 0) is 12.8 Å². The minimum absolute atomic E-state index is 0.433. The van der Waals surface area contributed by atoms with Crippen molar-refractivity contribution in [3.8, 4) is 0 Å². The fraction of sp³-hybridized carbons (Fsp3) is 0.417. The third-order valence-electron chi connectivity index (χ3n) is 3.27. The molecule has 1 atom stereocenters. The Kier molecular flexibility index (Phi) is 2.98. The monoisotopic (exact) mass is 278 g/mol. The molecule has 2 heterocycles. The third kappa shape index (κ3) is 2.21. The van der Waals surface area contributed by atoms with E-state index in [1.807, 2.05) is 11.9 Å². The Morgan fingerprint density at radius 1 is 1.68 bits per heavy atom. The van der Waals surface area contributed by atoms with Crippen LogP contribution >= 0.6 is 11.3 Å². The summed E-state index contributed by atoms with van der Waals surface area (Å²) >= 11 is 1.58. The van der Waals surface area contributed by atoms with Gasteiger partial charge in [-0.2, -0.15) is 0 Å². The van der Waals surface area contributed by atoms with E-state index in [0.717, 1.165) is 27.9 Å². The number of carboxylic acids is 1. The van der Waals surface area contributed by atoms with Gasteiger partial charge >= 0.3 is 5.97 Å². The van der Waals surface area contributed by atoms with E-state index in [1.165, 1.54) is 0 Å². The van der Waals surface area contributed by atoms with Gasteiger partial charge in [-0.1, -0.05) is 0 Å². The zero-order chi connectivity index (χ0) is 13.4. The molecular formula is C12H14N4O2S. The first-order valence-electron chi connectivity index (χ1n) is 6.07. The van der Waals surface area contributed by atoms with Gasteiger partial charge in [0.05, 0.1) is 12.2 Å². The van der Waals surface area contributed by atoms with Crippen molar-refractivity contribution >= 4 is 22.4 Å². The van der Waals surface area contributed by atoms with Crippen molar-refractivity contribution in [1.29, 1.82) is 0 Å². The van der Waals surface area contributed by atoms with Crippen molar-refractivity contribution in [2.75, 3.05) is 11.9 Å². The molecular weight excluding hydrogens is 264 g/mol. The van der Waals surface area contributed by atoms with E-state index in [-0.39, 0.29) is 0 Å². The largest absolute Gasteiger partial charge is 0.481 e. The molecule has 1 unspecified atom stereocenters. The highest BCUT2D eigenvalue weighted by Crippen LogP contribution is 2.39. The molecule has 2 N–H and O–H groups in total. The fourth-order valence-electron chi connectivity index (χ4n) is 2.29. The maximum atomic E-state index is 11.1. The molecule has 0 fully saturated rings. The molecule has 0 amide bonds. The number of hydrogen-bond acceptors (Lipinski definition) is 5. The topological polar surface area (TPSA) is 82.1 Å². The van der Waals surface area contributed by atoms with Gasteiger partial charge < -0.3 is 15.0 Å². The van der Waals surface area contributed by atoms with Crippen LogP contribution in [0.2, 0.25) is 0 Å². The summed E-state index contributed by atoms with van der Waals surface area (Å²) in [5.74, 6) is -0.339. The fourth-order valence-corrected chi connectivity index (χ4v) is 3.39. The van der Waals surface area contributed by atoms with Crippen LogP contribution in [0, 0.1) is 0 Å². The third-order valence-corrected chi connectivity index (χ3v) is 4.52. The van der Waals surface area contributed by atoms with Crippen LogP contribution in [-0.4, -0.2) is 33.1 Å². The molecule has 2 aromatic heterocycles. The molecule has 19 heavy (non-hydrogen) atoms. The first kappa shape index (κ1) is 12.2. The molecule has 0 aliphatic heterocycles. The van der Waals surface area contributed by atoms with Crippen molar-refractivity contribution in [2.45, 2.75) is 25.3 Å². The lowest BCUT2D eigenvalue weighted by molar-refractivity contribution is -0.138. The van der Waals surface area contributed by atoms with Crippen LogP contribution in [-0.2, 0) is 17.8 Å². The lowest BCUT2D eigenvalue weighted by Crippen LogP contribution is -2.17. The summed E-state index contributed by atoms with van der Waals surface area (Å²) in [7, 11) is 1.94. The second kappa shape index (κ2) is 4.65. The van der Waals surface area contributed by atoms with E-state index in [4.69, 9.17) is 5.11 Å². The quantitative estimate of drug-likeness (QED) is 0.888. The summed E-state index contributed by atoms with van der Waals surface area (Å²) < 4.78 is 0. The Balaban J connectivity index is 1.80. The zero-order valence-electron chi connectivity index (χ0n) is 10.5. The molecule has 1 aliphatic rings. The van der Waals surface area contributed by atoms with Crippen LogP contribution in [0.1, 0.15) is 28.7 Å². The van der Waals surface area contributed by atoms with E-state index in [1.54, 1.807) is 23.7 Å². The lowest BCUT2D eigenvalue weighted by Gasteiger charge is -2.14. The number of aromatic amines is 1. The first-order valence-corrected chi connectivity index (χ1v) is 6.88. The standard InChI is InChI=1S/C12H14N4O2S/c1-16(6-9-13-4-5-14-9)12-15-10-7(11(17)18)2-3-8(10)19-12/h4-5,7H,2-3,6H2,1H3,(H,13,14)(H,17,18). The van der Waals surface area contributed by atoms with Crippen molar-refractivity contribution in [1.82, 2.24) is 15.0 Å². The molecule has 1 aliphatic carbocycles. The molecule has 0 bridgehead atoms. The molecule has 0 radical (unpaired) electrons. The second-order valence-corrected chi connectivity index (χ2v) is 5.69. The normalized spacial score (nSPS) is 17.4. The number of fused-ring (bicyclic) bond motifs is 1. The predicted octanol–water partition coefficient (Wildman–Crippen LogP) is 1.62. The smallest absolute Gasteiger partial charge is 0.312 e. The van der Waals surface area contributed by atoms with Gasteiger partial charge in [-0.25, -0.2) is 9.97 Å². The highest BCUT2D eigenvalue weighted by atomic mass is 32.1.